The zero-order valence-corrected chi connectivity index (χ0v) is 16.9. The van der Waals surface area contributed by atoms with Gasteiger partial charge >= 0.3 is 0 Å². The van der Waals surface area contributed by atoms with E-state index in [4.69, 9.17) is 14.0 Å². The molecule has 0 aliphatic carbocycles. The quantitative estimate of drug-likeness (QED) is 0.469. The van der Waals surface area contributed by atoms with Crippen LogP contribution in [0.2, 0.25) is 0 Å². The molecular formula is C22H20FN5O3. The molecular weight excluding hydrogens is 401 g/mol. The van der Waals surface area contributed by atoms with Crippen LogP contribution in [0.3, 0.4) is 0 Å². The van der Waals surface area contributed by atoms with Crippen molar-refractivity contribution in [2.75, 3.05) is 13.2 Å². The minimum atomic E-state index is -0.619. The van der Waals surface area contributed by atoms with Gasteiger partial charge in [-0.05, 0) is 24.1 Å². The standard InChI is InChI=1S/C22H20FN5O3/c1-14-4-2-3-5-15(14)12-28-20(18-7-9-30-27-18)10-19(26-28)21-24-11-17(23)22(25-21)31-16-6-8-29-13-16/h2-5,7,9-11,16H,6,8,12-13H2,1H3. The Morgan fingerprint density at radius 2 is 2.13 bits per heavy atom. The highest BCUT2D eigenvalue weighted by Gasteiger charge is 2.22. The molecule has 0 spiro atoms. The third-order valence-corrected chi connectivity index (χ3v) is 5.17. The molecule has 3 aromatic heterocycles. The van der Waals surface area contributed by atoms with E-state index < -0.39 is 5.82 Å². The van der Waals surface area contributed by atoms with Crippen LogP contribution < -0.4 is 4.74 Å². The molecule has 31 heavy (non-hydrogen) atoms. The van der Waals surface area contributed by atoms with Crippen LogP contribution in [-0.4, -0.2) is 44.2 Å². The second kappa shape index (κ2) is 8.27. The molecule has 0 bridgehead atoms. The molecule has 4 aromatic rings. The lowest BCUT2D eigenvalue weighted by Crippen LogP contribution is -2.17. The Bertz CT molecular complexity index is 1190. The molecule has 1 atom stereocenters. The molecule has 1 saturated heterocycles. The molecule has 5 rings (SSSR count). The molecule has 0 N–H and O–H groups in total. The highest BCUT2D eigenvalue weighted by molar-refractivity contribution is 5.62. The van der Waals surface area contributed by atoms with E-state index in [9.17, 15) is 4.39 Å². The maximum absolute atomic E-state index is 14.2. The number of rotatable bonds is 6. The van der Waals surface area contributed by atoms with Crippen molar-refractivity contribution in [3.05, 3.63) is 65.8 Å². The fourth-order valence-electron chi connectivity index (χ4n) is 3.47. The Balaban J connectivity index is 1.52. The molecule has 9 heteroatoms. The van der Waals surface area contributed by atoms with E-state index in [0.717, 1.165) is 23.0 Å². The molecule has 1 aromatic carbocycles. The topological polar surface area (TPSA) is 88.1 Å². The van der Waals surface area contributed by atoms with Crippen LogP contribution in [0.1, 0.15) is 17.5 Å². The number of halogens is 1. The van der Waals surface area contributed by atoms with Crippen molar-refractivity contribution in [1.82, 2.24) is 24.9 Å². The van der Waals surface area contributed by atoms with Gasteiger partial charge in [0.25, 0.3) is 5.88 Å². The molecule has 1 aliphatic heterocycles. The molecule has 0 amide bonds. The van der Waals surface area contributed by atoms with E-state index in [1.54, 1.807) is 6.07 Å². The number of hydrogen-bond acceptors (Lipinski definition) is 7. The Morgan fingerprint density at radius 3 is 2.90 bits per heavy atom. The van der Waals surface area contributed by atoms with Crippen LogP contribution in [0.15, 0.2) is 53.4 Å². The maximum Gasteiger partial charge on any atom is 0.254 e. The lowest BCUT2D eigenvalue weighted by atomic mass is 10.1. The summed E-state index contributed by atoms with van der Waals surface area (Å²) in [7, 11) is 0. The Kier molecular flexibility index (Phi) is 5.17. The van der Waals surface area contributed by atoms with Gasteiger partial charge in [-0.2, -0.15) is 14.5 Å². The van der Waals surface area contributed by atoms with E-state index >= 15 is 0 Å². The first-order valence-corrected chi connectivity index (χ1v) is 9.98. The van der Waals surface area contributed by atoms with Crippen LogP contribution in [0.4, 0.5) is 4.39 Å². The van der Waals surface area contributed by atoms with Gasteiger partial charge in [0.15, 0.2) is 5.82 Å². The van der Waals surface area contributed by atoms with Gasteiger partial charge in [0.05, 0.1) is 31.6 Å². The van der Waals surface area contributed by atoms with Crippen LogP contribution >= 0.6 is 0 Å². The third-order valence-electron chi connectivity index (χ3n) is 5.17. The van der Waals surface area contributed by atoms with Crippen molar-refractivity contribution >= 4 is 0 Å². The Hall–Kier alpha value is -3.59. The summed E-state index contributed by atoms with van der Waals surface area (Å²) in [5.74, 6) is -0.452. The minimum Gasteiger partial charge on any atom is -0.470 e. The predicted octanol–water partition coefficient (Wildman–Crippen LogP) is 3.66. The van der Waals surface area contributed by atoms with Gasteiger partial charge < -0.3 is 14.0 Å². The lowest BCUT2D eigenvalue weighted by molar-refractivity contribution is 0.134. The summed E-state index contributed by atoms with van der Waals surface area (Å²) in [6.45, 7) is 3.59. The van der Waals surface area contributed by atoms with Gasteiger partial charge in [-0.15, -0.1) is 0 Å². The van der Waals surface area contributed by atoms with Gasteiger partial charge in [-0.1, -0.05) is 29.4 Å². The van der Waals surface area contributed by atoms with E-state index in [1.165, 1.54) is 6.26 Å². The Morgan fingerprint density at radius 1 is 1.23 bits per heavy atom. The summed E-state index contributed by atoms with van der Waals surface area (Å²) in [5.41, 5.74) is 4.13. The first kappa shape index (κ1) is 19.4. The first-order chi connectivity index (χ1) is 15.2. The van der Waals surface area contributed by atoms with Crippen LogP contribution in [0.25, 0.3) is 22.9 Å². The number of nitrogens with zero attached hydrogens (tertiary/aromatic N) is 5. The molecule has 0 saturated carbocycles. The van der Waals surface area contributed by atoms with Crippen molar-refractivity contribution in [3.8, 4) is 28.8 Å². The van der Waals surface area contributed by atoms with Crippen molar-refractivity contribution < 1.29 is 18.4 Å². The maximum atomic E-state index is 14.2. The molecule has 1 unspecified atom stereocenters. The van der Waals surface area contributed by atoms with Crippen molar-refractivity contribution in [2.24, 2.45) is 0 Å². The number of ether oxygens (including phenoxy) is 2. The van der Waals surface area contributed by atoms with Gasteiger partial charge in [0.1, 0.15) is 23.8 Å². The normalized spacial score (nSPS) is 16.0. The number of aromatic nitrogens is 5. The van der Waals surface area contributed by atoms with Crippen LogP contribution in [0, 0.1) is 12.7 Å². The van der Waals surface area contributed by atoms with Crippen molar-refractivity contribution in [2.45, 2.75) is 26.0 Å². The number of benzene rings is 1. The second-order valence-electron chi connectivity index (χ2n) is 7.33. The third kappa shape index (κ3) is 4.04. The molecule has 4 heterocycles. The number of hydrogen-bond donors (Lipinski definition) is 0. The van der Waals surface area contributed by atoms with Gasteiger partial charge in [0, 0.05) is 12.5 Å². The highest BCUT2D eigenvalue weighted by atomic mass is 19.1. The molecule has 0 radical (unpaired) electrons. The second-order valence-corrected chi connectivity index (χ2v) is 7.33. The lowest BCUT2D eigenvalue weighted by Gasteiger charge is -2.11. The van der Waals surface area contributed by atoms with Crippen molar-refractivity contribution in [3.63, 3.8) is 0 Å². The van der Waals surface area contributed by atoms with Gasteiger partial charge in [-0.3, -0.25) is 4.68 Å². The summed E-state index contributed by atoms with van der Waals surface area (Å²) >= 11 is 0. The average molecular weight is 421 g/mol. The minimum absolute atomic E-state index is 0.100. The predicted molar refractivity (Wildman–Crippen MR) is 109 cm³/mol. The molecule has 1 fully saturated rings. The zero-order valence-electron chi connectivity index (χ0n) is 16.9. The van der Waals surface area contributed by atoms with E-state index in [2.05, 4.69) is 33.2 Å². The fraction of sp³-hybridized carbons (Fsp3) is 0.273. The van der Waals surface area contributed by atoms with Gasteiger partial charge in [0.2, 0.25) is 5.82 Å². The fourth-order valence-corrected chi connectivity index (χ4v) is 3.47. The Labute approximate surface area is 177 Å². The first-order valence-electron chi connectivity index (χ1n) is 9.98. The van der Waals surface area contributed by atoms with E-state index in [1.807, 2.05) is 28.9 Å². The smallest absolute Gasteiger partial charge is 0.254 e. The summed E-state index contributed by atoms with van der Waals surface area (Å²) in [4.78, 5) is 8.41. The monoisotopic (exact) mass is 421 g/mol. The zero-order chi connectivity index (χ0) is 21.2. The number of aryl methyl sites for hydroxylation is 1. The van der Waals surface area contributed by atoms with E-state index in [0.29, 0.717) is 37.6 Å². The van der Waals surface area contributed by atoms with Crippen molar-refractivity contribution in [1.29, 1.82) is 0 Å². The molecule has 8 nitrogen and oxygen atoms in total. The summed E-state index contributed by atoms with van der Waals surface area (Å²) < 4.78 is 32.0. The van der Waals surface area contributed by atoms with Crippen LogP contribution in [0.5, 0.6) is 5.88 Å². The van der Waals surface area contributed by atoms with Gasteiger partial charge in [-0.25, -0.2) is 4.98 Å². The SMILES string of the molecule is Cc1ccccc1Cn1nc(-c2ncc(F)c(OC3CCOC3)n2)cc1-c1ccon1. The van der Waals surface area contributed by atoms with Crippen LogP contribution in [-0.2, 0) is 11.3 Å². The molecule has 158 valence electrons. The highest BCUT2D eigenvalue weighted by Crippen LogP contribution is 2.27. The summed E-state index contributed by atoms with van der Waals surface area (Å²) in [6, 6.07) is 11.7. The average Bonchev–Trinajstić information content (AvgIpc) is 3.53. The largest absolute Gasteiger partial charge is 0.470 e. The van der Waals surface area contributed by atoms with E-state index in [-0.39, 0.29) is 17.8 Å². The summed E-state index contributed by atoms with van der Waals surface area (Å²) in [5, 5.41) is 8.73. The molecule has 1 aliphatic rings. The summed E-state index contributed by atoms with van der Waals surface area (Å²) in [6.07, 6.45) is 3.08.